The third-order valence-electron chi connectivity index (χ3n) is 3.14. The van der Waals surface area contributed by atoms with Crippen LogP contribution in [0.4, 0.5) is 5.00 Å². The molecular weight excluding hydrogens is 290 g/mol. The summed E-state index contributed by atoms with van der Waals surface area (Å²) in [5, 5.41) is 1.62. The van der Waals surface area contributed by atoms with Crippen LogP contribution in [0.15, 0.2) is 40.3 Å². The van der Waals surface area contributed by atoms with Gasteiger partial charge in [0.15, 0.2) is 0 Å². The molecular formula is C15H14ClN3S. The molecule has 102 valence electrons. The summed E-state index contributed by atoms with van der Waals surface area (Å²) in [7, 11) is 0. The molecule has 1 aliphatic rings. The fourth-order valence-electron chi connectivity index (χ4n) is 2.15. The Morgan fingerprint density at radius 2 is 2.10 bits per heavy atom. The summed E-state index contributed by atoms with van der Waals surface area (Å²) in [4.78, 5) is 10.3. The minimum absolute atomic E-state index is 0.406. The van der Waals surface area contributed by atoms with E-state index in [0.29, 0.717) is 17.4 Å². The van der Waals surface area contributed by atoms with Crippen LogP contribution in [0.3, 0.4) is 0 Å². The lowest BCUT2D eigenvalue weighted by molar-refractivity contribution is 1.18. The highest BCUT2D eigenvalue weighted by molar-refractivity contribution is 7.16. The van der Waals surface area contributed by atoms with Crippen LogP contribution in [0.25, 0.3) is 0 Å². The molecule has 2 heterocycles. The molecule has 0 amide bonds. The Bertz CT molecular complexity index is 716. The average molecular weight is 304 g/mol. The summed E-state index contributed by atoms with van der Waals surface area (Å²) >= 11 is 7.97. The van der Waals surface area contributed by atoms with E-state index in [4.69, 9.17) is 17.3 Å². The number of nitrogens with zero attached hydrogens (tertiary/aromatic N) is 2. The first kappa shape index (κ1) is 13.3. The summed E-state index contributed by atoms with van der Waals surface area (Å²) < 4.78 is 0. The van der Waals surface area contributed by atoms with Crippen molar-refractivity contribution in [1.29, 1.82) is 0 Å². The Kier molecular flexibility index (Phi) is 3.59. The molecule has 3 nitrogen and oxygen atoms in total. The van der Waals surface area contributed by atoms with Gasteiger partial charge in [-0.15, -0.1) is 11.3 Å². The molecule has 1 aliphatic heterocycles. The Balaban J connectivity index is 2.19. The largest absolute Gasteiger partial charge is 0.386 e. The lowest BCUT2D eigenvalue weighted by Crippen LogP contribution is -2.15. The molecule has 0 bridgehead atoms. The number of aliphatic imine (C=N–C) groups is 2. The van der Waals surface area contributed by atoms with E-state index in [9.17, 15) is 0 Å². The minimum Gasteiger partial charge on any atom is -0.386 e. The minimum atomic E-state index is 0.406. The smallest absolute Gasteiger partial charge is 0.127 e. The molecule has 0 atom stereocenters. The van der Waals surface area contributed by atoms with E-state index in [1.807, 2.05) is 24.3 Å². The van der Waals surface area contributed by atoms with Gasteiger partial charge in [0.05, 0.1) is 12.3 Å². The van der Waals surface area contributed by atoms with Crippen LogP contribution in [-0.2, 0) is 6.42 Å². The Labute approximate surface area is 126 Å². The summed E-state index contributed by atoms with van der Waals surface area (Å²) in [6, 6.07) is 9.88. The van der Waals surface area contributed by atoms with Crippen LogP contribution < -0.4 is 5.73 Å². The number of rotatable bonds is 2. The highest BCUT2D eigenvalue weighted by atomic mass is 35.5. The maximum atomic E-state index is 6.31. The molecule has 0 saturated carbocycles. The number of hydrogen-bond donors (Lipinski definition) is 1. The number of aryl methyl sites for hydroxylation is 1. The van der Waals surface area contributed by atoms with Crippen molar-refractivity contribution in [3.05, 3.63) is 51.4 Å². The quantitative estimate of drug-likeness (QED) is 0.901. The number of nitrogens with two attached hydrogens (primary N) is 1. The second-order valence-corrected chi connectivity index (χ2v) is 6.06. The van der Waals surface area contributed by atoms with Gasteiger partial charge in [0, 0.05) is 21.0 Å². The first-order chi connectivity index (χ1) is 9.69. The molecule has 2 N–H and O–H groups in total. The molecule has 1 aromatic carbocycles. The molecule has 0 spiro atoms. The van der Waals surface area contributed by atoms with Crippen LogP contribution in [0.2, 0.25) is 5.02 Å². The molecule has 0 aliphatic carbocycles. The molecule has 3 rings (SSSR count). The summed E-state index contributed by atoms with van der Waals surface area (Å²) in [5.74, 6) is 0.540. The van der Waals surface area contributed by atoms with Crippen molar-refractivity contribution in [3.8, 4) is 0 Å². The number of hydrogen-bond acceptors (Lipinski definition) is 4. The Morgan fingerprint density at radius 3 is 2.85 bits per heavy atom. The zero-order valence-electron chi connectivity index (χ0n) is 11.1. The predicted octanol–water partition coefficient (Wildman–Crippen LogP) is 3.80. The molecule has 2 aromatic rings. The van der Waals surface area contributed by atoms with E-state index in [-0.39, 0.29) is 0 Å². The number of fused-ring (bicyclic) bond motifs is 1. The Morgan fingerprint density at radius 1 is 1.30 bits per heavy atom. The summed E-state index contributed by atoms with van der Waals surface area (Å²) in [6.45, 7) is 2.54. The zero-order valence-corrected chi connectivity index (χ0v) is 12.6. The van der Waals surface area contributed by atoms with Crippen molar-refractivity contribution in [2.75, 3.05) is 6.54 Å². The molecule has 0 unspecified atom stereocenters. The molecule has 0 radical (unpaired) electrons. The average Bonchev–Trinajstić information content (AvgIpc) is 2.77. The van der Waals surface area contributed by atoms with E-state index >= 15 is 0 Å². The molecule has 20 heavy (non-hydrogen) atoms. The second-order valence-electron chi connectivity index (χ2n) is 4.53. The highest BCUT2D eigenvalue weighted by Crippen LogP contribution is 2.35. The number of halogens is 1. The first-order valence-electron chi connectivity index (χ1n) is 6.44. The van der Waals surface area contributed by atoms with Gasteiger partial charge in [0.2, 0.25) is 0 Å². The SMILES string of the molecule is CCc1cc2c(s1)N=C(N)CN=C2c1ccccc1Cl. The topological polar surface area (TPSA) is 50.7 Å². The van der Waals surface area contributed by atoms with Crippen molar-refractivity contribution in [1.82, 2.24) is 0 Å². The predicted molar refractivity (Wildman–Crippen MR) is 86.9 cm³/mol. The van der Waals surface area contributed by atoms with Crippen LogP contribution in [0, 0.1) is 0 Å². The van der Waals surface area contributed by atoms with Crippen LogP contribution in [0.1, 0.15) is 22.9 Å². The van der Waals surface area contributed by atoms with Crippen LogP contribution in [0.5, 0.6) is 0 Å². The van der Waals surface area contributed by atoms with Crippen molar-refractivity contribution >= 4 is 39.5 Å². The fourth-order valence-corrected chi connectivity index (χ4v) is 3.38. The fraction of sp³-hybridized carbons (Fsp3) is 0.200. The molecule has 5 heteroatoms. The van der Waals surface area contributed by atoms with Crippen molar-refractivity contribution in [2.24, 2.45) is 15.7 Å². The number of benzene rings is 1. The van der Waals surface area contributed by atoms with Gasteiger partial charge in [-0.25, -0.2) is 4.99 Å². The van der Waals surface area contributed by atoms with Gasteiger partial charge in [-0.3, -0.25) is 4.99 Å². The van der Waals surface area contributed by atoms with Crippen molar-refractivity contribution in [3.63, 3.8) is 0 Å². The van der Waals surface area contributed by atoms with E-state index in [1.54, 1.807) is 11.3 Å². The van der Waals surface area contributed by atoms with Crippen LogP contribution >= 0.6 is 22.9 Å². The maximum Gasteiger partial charge on any atom is 0.127 e. The van der Waals surface area contributed by atoms with E-state index < -0.39 is 0 Å². The second kappa shape index (κ2) is 5.38. The summed E-state index contributed by atoms with van der Waals surface area (Å²) in [6.07, 6.45) is 0.975. The van der Waals surface area contributed by atoms with Crippen LogP contribution in [-0.4, -0.2) is 18.1 Å². The van der Waals surface area contributed by atoms with Crippen molar-refractivity contribution in [2.45, 2.75) is 13.3 Å². The lowest BCUT2D eigenvalue weighted by atomic mass is 10.0. The normalized spacial score (nSPS) is 14.3. The molecule has 1 aromatic heterocycles. The van der Waals surface area contributed by atoms with Crippen molar-refractivity contribution < 1.29 is 0 Å². The number of thiophene rings is 1. The Hall–Kier alpha value is -1.65. The van der Waals surface area contributed by atoms with Gasteiger partial charge in [0.1, 0.15) is 10.8 Å². The van der Waals surface area contributed by atoms with E-state index in [0.717, 1.165) is 28.3 Å². The van der Waals surface area contributed by atoms with Gasteiger partial charge in [0.25, 0.3) is 0 Å². The maximum absolute atomic E-state index is 6.31. The standard InChI is InChI=1S/C15H14ClN3S/c1-2-9-7-11-14(10-5-3-4-6-12(10)16)18-8-13(17)19-15(11)20-9/h3-7H,2,8H2,1H3,(H2,17,19). The molecule has 0 fully saturated rings. The van der Waals surface area contributed by atoms with Gasteiger partial charge in [-0.05, 0) is 18.6 Å². The third kappa shape index (κ3) is 2.37. The molecule has 0 saturated heterocycles. The number of amidine groups is 1. The zero-order chi connectivity index (χ0) is 14.1. The summed E-state index contributed by atoms with van der Waals surface area (Å²) in [5.41, 5.74) is 8.73. The van der Waals surface area contributed by atoms with Gasteiger partial charge in [-0.1, -0.05) is 36.7 Å². The van der Waals surface area contributed by atoms with E-state index in [2.05, 4.69) is 23.0 Å². The van der Waals surface area contributed by atoms with E-state index in [1.165, 1.54) is 4.88 Å². The first-order valence-corrected chi connectivity index (χ1v) is 7.64. The van der Waals surface area contributed by atoms with Gasteiger partial charge in [-0.2, -0.15) is 0 Å². The third-order valence-corrected chi connectivity index (χ3v) is 4.64. The van der Waals surface area contributed by atoms with Gasteiger partial charge < -0.3 is 5.73 Å². The lowest BCUT2D eigenvalue weighted by Gasteiger charge is -2.06. The highest BCUT2D eigenvalue weighted by Gasteiger charge is 2.19. The monoisotopic (exact) mass is 303 g/mol. The van der Waals surface area contributed by atoms with Gasteiger partial charge >= 0.3 is 0 Å².